The van der Waals surface area contributed by atoms with E-state index in [1.165, 1.54) is 6.20 Å². The van der Waals surface area contributed by atoms with Gasteiger partial charge in [0.25, 0.3) is 9.05 Å². The van der Waals surface area contributed by atoms with Crippen molar-refractivity contribution in [3.05, 3.63) is 27.9 Å². The van der Waals surface area contributed by atoms with Gasteiger partial charge in [-0.25, -0.2) is 13.4 Å². The molecule has 2 aromatic rings. The summed E-state index contributed by atoms with van der Waals surface area (Å²) in [5.41, 5.74) is 1.81. The second-order valence-corrected chi connectivity index (χ2v) is 8.43. The minimum atomic E-state index is -3.84. The van der Waals surface area contributed by atoms with Gasteiger partial charge in [0.2, 0.25) is 0 Å². The molecule has 116 valence electrons. The Hall–Kier alpha value is -0.860. The third-order valence-corrected chi connectivity index (χ3v) is 5.34. The summed E-state index contributed by atoms with van der Waals surface area (Å²) in [5, 5.41) is 4.21. The fraction of sp³-hybridized carbons (Fsp3) is 0.500. The van der Waals surface area contributed by atoms with Crippen LogP contribution in [0.25, 0.3) is 0 Å². The number of aryl methyl sites for hydroxylation is 2. The summed E-state index contributed by atoms with van der Waals surface area (Å²) in [7, 11) is 3.39. The highest BCUT2D eigenvalue weighted by atomic mass is 79.9. The van der Waals surface area contributed by atoms with Crippen molar-refractivity contribution in [1.29, 1.82) is 0 Å². The first-order valence-corrected chi connectivity index (χ1v) is 9.41. The average Bonchev–Trinajstić information content (AvgIpc) is 2.87. The summed E-state index contributed by atoms with van der Waals surface area (Å²) in [6, 6.07) is 0. The molecule has 0 aliphatic heterocycles. The third-order valence-electron chi connectivity index (χ3n) is 3.13. The lowest BCUT2D eigenvalue weighted by Gasteiger charge is -2.10. The van der Waals surface area contributed by atoms with Gasteiger partial charge in [-0.2, -0.15) is 5.10 Å². The van der Waals surface area contributed by atoms with Gasteiger partial charge in [-0.05, 0) is 22.9 Å². The molecule has 6 nitrogen and oxygen atoms in total. The quantitative estimate of drug-likeness (QED) is 0.746. The van der Waals surface area contributed by atoms with Gasteiger partial charge in [-0.15, -0.1) is 0 Å². The number of hydrogen-bond acceptors (Lipinski definition) is 4. The van der Waals surface area contributed by atoms with Gasteiger partial charge in [-0.1, -0.05) is 13.8 Å². The Labute approximate surface area is 136 Å². The van der Waals surface area contributed by atoms with E-state index >= 15 is 0 Å². The lowest BCUT2D eigenvalue weighted by Crippen LogP contribution is -2.09. The van der Waals surface area contributed by atoms with Gasteiger partial charge in [0.15, 0.2) is 5.03 Å². The van der Waals surface area contributed by atoms with Gasteiger partial charge < -0.3 is 4.57 Å². The molecule has 2 rings (SSSR count). The first kappa shape index (κ1) is 16.5. The maximum Gasteiger partial charge on any atom is 0.280 e. The van der Waals surface area contributed by atoms with Crippen molar-refractivity contribution in [2.75, 3.05) is 0 Å². The molecule has 0 amide bonds. The summed E-state index contributed by atoms with van der Waals surface area (Å²) in [4.78, 5) is 4.14. The maximum atomic E-state index is 11.5. The number of rotatable bonds is 4. The van der Waals surface area contributed by atoms with Crippen LogP contribution in [0.15, 0.2) is 15.7 Å². The molecular formula is C12H16BrClN4O2S. The smallest absolute Gasteiger partial charge is 0.280 e. The zero-order valence-electron chi connectivity index (χ0n) is 12.1. The van der Waals surface area contributed by atoms with E-state index in [1.54, 1.807) is 9.25 Å². The Morgan fingerprint density at radius 1 is 1.43 bits per heavy atom. The van der Waals surface area contributed by atoms with Crippen molar-refractivity contribution < 1.29 is 8.42 Å². The number of halogens is 2. The van der Waals surface area contributed by atoms with Crippen LogP contribution in [0.5, 0.6) is 0 Å². The molecule has 2 aromatic heterocycles. The van der Waals surface area contributed by atoms with Gasteiger partial charge in [0.1, 0.15) is 5.82 Å². The van der Waals surface area contributed by atoms with Crippen molar-refractivity contribution >= 4 is 35.7 Å². The molecule has 9 heteroatoms. The molecular weight excluding hydrogens is 380 g/mol. The second-order valence-electron chi connectivity index (χ2n) is 5.13. The van der Waals surface area contributed by atoms with E-state index in [1.807, 2.05) is 27.8 Å². The minimum Gasteiger partial charge on any atom is -0.327 e. The Bertz CT molecular complexity index is 780. The fourth-order valence-corrected chi connectivity index (χ4v) is 3.26. The molecule has 0 aromatic carbocycles. The summed E-state index contributed by atoms with van der Waals surface area (Å²) in [6.45, 7) is 6.27. The highest BCUT2D eigenvalue weighted by molar-refractivity contribution is 9.10. The molecule has 0 radical (unpaired) electrons. The van der Waals surface area contributed by atoms with Crippen molar-refractivity contribution in [3.63, 3.8) is 0 Å². The maximum absolute atomic E-state index is 11.5. The predicted molar refractivity (Wildman–Crippen MR) is 84.1 cm³/mol. The van der Waals surface area contributed by atoms with Gasteiger partial charge in [-0.3, -0.25) is 4.68 Å². The molecule has 0 atom stereocenters. The van der Waals surface area contributed by atoms with Crippen LogP contribution in [0.2, 0.25) is 0 Å². The van der Waals surface area contributed by atoms with E-state index in [4.69, 9.17) is 10.7 Å². The first-order chi connectivity index (χ1) is 9.61. The Balaban J connectivity index is 2.51. The second kappa shape index (κ2) is 5.73. The van der Waals surface area contributed by atoms with E-state index in [2.05, 4.69) is 26.0 Å². The summed E-state index contributed by atoms with van der Waals surface area (Å²) in [6.07, 6.45) is 1.46. The van der Waals surface area contributed by atoms with E-state index in [-0.39, 0.29) is 10.9 Å². The largest absolute Gasteiger partial charge is 0.327 e. The van der Waals surface area contributed by atoms with Crippen molar-refractivity contribution in [3.8, 4) is 0 Å². The average molecular weight is 396 g/mol. The third kappa shape index (κ3) is 3.32. The highest BCUT2D eigenvalue weighted by Gasteiger charge is 2.21. The zero-order chi connectivity index (χ0) is 15.9. The Morgan fingerprint density at radius 2 is 2.05 bits per heavy atom. The molecule has 2 heterocycles. The fourth-order valence-electron chi connectivity index (χ4n) is 2.12. The molecule has 0 saturated carbocycles. The number of hydrogen-bond donors (Lipinski definition) is 0. The van der Waals surface area contributed by atoms with Crippen molar-refractivity contribution in [1.82, 2.24) is 19.3 Å². The molecule has 0 fully saturated rings. The van der Waals surface area contributed by atoms with Crippen molar-refractivity contribution in [2.45, 2.75) is 38.3 Å². The first-order valence-electron chi connectivity index (χ1n) is 6.31. The lowest BCUT2D eigenvalue weighted by molar-refractivity contribution is 0.606. The molecule has 0 bridgehead atoms. The van der Waals surface area contributed by atoms with Crippen LogP contribution in [0.4, 0.5) is 0 Å². The lowest BCUT2D eigenvalue weighted by atomic mass is 10.2. The summed E-state index contributed by atoms with van der Waals surface area (Å²) < 4.78 is 27.4. The van der Waals surface area contributed by atoms with Gasteiger partial charge >= 0.3 is 0 Å². The monoisotopic (exact) mass is 394 g/mol. The standard InChI is InChI=1S/C12H16BrClN4O2S/c1-7(2)12-15-10(21(14,19)20)6-18(12)5-9-11(13)8(3)16-17(9)4/h6-7H,5H2,1-4H3. The van der Waals surface area contributed by atoms with Gasteiger partial charge in [0, 0.05) is 29.8 Å². The normalized spacial score (nSPS) is 12.3. The van der Waals surface area contributed by atoms with Crippen LogP contribution >= 0.6 is 26.6 Å². The van der Waals surface area contributed by atoms with Crippen LogP contribution in [0.1, 0.15) is 37.0 Å². The number of aromatic nitrogens is 4. The van der Waals surface area contributed by atoms with E-state index < -0.39 is 9.05 Å². The van der Waals surface area contributed by atoms with E-state index in [0.29, 0.717) is 12.4 Å². The van der Waals surface area contributed by atoms with Crippen LogP contribution < -0.4 is 0 Å². The van der Waals surface area contributed by atoms with Crippen LogP contribution in [-0.2, 0) is 22.6 Å². The van der Waals surface area contributed by atoms with Crippen molar-refractivity contribution in [2.24, 2.45) is 7.05 Å². The topological polar surface area (TPSA) is 69.8 Å². The van der Waals surface area contributed by atoms with E-state index in [9.17, 15) is 8.42 Å². The molecule has 0 saturated heterocycles. The SMILES string of the molecule is Cc1nn(C)c(Cn2cc(S(=O)(=O)Cl)nc2C(C)C)c1Br. The zero-order valence-corrected chi connectivity index (χ0v) is 15.3. The Morgan fingerprint density at radius 3 is 2.48 bits per heavy atom. The summed E-state index contributed by atoms with van der Waals surface area (Å²) >= 11 is 3.51. The molecule has 0 unspecified atom stereocenters. The van der Waals surface area contributed by atoms with Crippen LogP contribution in [0, 0.1) is 6.92 Å². The van der Waals surface area contributed by atoms with Gasteiger partial charge in [0.05, 0.1) is 22.4 Å². The number of imidazole rings is 1. The Kier molecular flexibility index (Phi) is 4.51. The molecule has 0 aliphatic rings. The molecule has 21 heavy (non-hydrogen) atoms. The van der Waals surface area contributed by atoms with E-state index in [0.717, 1.165) is 15.9 Å². The van der Waals surface area contributed by atoms with Crippen LogP contribution in [-0.4, -0.2) is 27.7 Å². The molecule has 0 N–H and O–H groups in total. The minimum absolute atomic E-state index is 0.0743. The molecule has 0 spiro atoms. The predicted octanol–water partition coefficient (Wildman–Crippen LogP) is 2.79. The van der Waals surface area contributed by atoms with Crippen LogP contribution in [0.3, 0.4) is 0 Å². The highest BCUT2D eigenvalue weighted by Crippen LogP contribution is 2.25. The number of nitrogens with zero attached hydrogens (tertiary/aromatic N) is 4. The molecule has 0 aliphatic carbocycles. The summed E-state index contributed by atoms with van der Waals surface area (Å²) in [5.74, 6) is 0.741.